The maximum Gasteiger partial charge on any atom is 0.0293 e. The van der Waals surface area contributed by atoms with Crippen molar-refractivity contribution in [1.29, 1.82) is 0 Å². The van der Waals surface area contributed by atoms with E-state index in [-0.39, 0.29) is 0 Å². The Hall–Kier alpha value is -0.860. The summed E-state index contributed by atoms with van der Waals surface area (Å²) in [5.41, 5.74) is 9.22. The Balaban J connectivity index is 2.11. The average molecular weight is 162 g/mol. The van der Waals surface area contributed by atoms with Crippen LogP contribution >= 0.6 is 0 Å². The molecule has 1 aliphatic carbocycles. The molecule has 2 N–H and O–H groups in total. The first kappa shape index (κ1) is 7.77. The second kappa shape index (κ2) is 3.25. The van der Waals surface area contributed by atoms with Crippen LogP contribution in [0, 0.1) is 0 Å². The number of nitrogens with one attached hydrogen (secondary N) is 2. The highest BCUT2D eigenvalue weighted by Crippen LogP contribution is 2.20. The molecule has 2 heteroatoms. The lowest BCUT2D eigenvalue weighted by Gasteiger charge is -2.08. The third-order valence-electron chi connectivity index (χ3n) is 2.40. The summed E-state index contributed by atoms with van der Waals surface area (Å²) in [5.74, 6) is 0. The van der Waals surface area contributed by atoms with Gasteiger partial charge in [0, 0.05) is 6.04 Å². The van der Waals surface area contributed by atoms with Gasteiger partial charge in [0.05, 0.1) is 0 Å². The molecule has 1 aliphatic rings. The summed E-state index contributed by atoms with van der Waals surface area (Å²) in [6, 6.07) is 9.23. The number of benzene rings is 1. The molecule has 0 amide bonds. The molecule has 0 heterocycles. The zero-order valence-corrected chi connectivity index (χ0v) is 7.30. The van der Waals surface area contributed by atoms with E-state index >= 15 is 0 Å². The van der Waals surface area contributed by atoms with Gasteiger partial charge < -0.3 is 0 Å². The summed E-state index contributed by atoms with van der Waals surface area (Å²) in [4.78, 5) is 0. The normalized spacial score (nSPS) is 16.4. The summed E-state index contributed by atoms with van der Waals surface area (Å²) in [5, 5.41) is 0. The standard InChI is InChI=1S/C10H14N2/c1-11-12-10-6-8-4-2-3-5-9(8)7-10/h2-5,10-12H,6-7H2,1H3. The molecule has 2 nitrogen and oxygen atoms in total. The van der Waals surface area contributed by atoms with Gasteiger partial charge in [-0.1, -0.05) is 24.3 Å². The minimum absolute atomic E-state index is 0.576. The minimum atomic E-state index is 0.576. The van der Waals surface area contributed by atoms with Crippen molar-refractivity contribution in [3.8, 4) is 0 Å². The molecule has 2 rings (SSSR count). The molecule has 0 aliphatic heterocycles. The summed E-state index contributed by atoms with van der Waals surface area (Å²) >= 11 is 0. The second-order valence-electron chi connectivity index (χ2n) is 3.27. The number of hydrazine groups is 1. The van der Waals surface area contributed by atoms with Crippen LogP contribution in [-0.4, -0.2) is 13.1 Å². The van der Waals surface area contributed by atoms with Gasteiger partial charge in [-0.15, -0.1) is 0 Å². The van der Waals surface area contributed by atoms with Gasteiger partial charge in [0.15, 0.2) is 0 Å². The molecule has 1 aromatic carbocycles. The Morgan fingerprint density at radius 3 is 2.25 bits per heavy atom. The number of hydrogen-bond acceptors (Lipinski definition) is 2. The zero-order chi connectivity index (χ0) is 8.39. The molecular formula is C10H14N2. The van der Waals surface area contributed by atoms with Crippen molar-refractivity contribution in [2.75, 3.05) is 7.05 Å². The fourth-order valence-electron chi connectivity index (χ4n) is 1.87. The predicted octanol–water partition coefficient (Wildman–Crippen LogP) is 0.878. The van der Waals surface area contributed by atoms with Gasteiger partial charge in [-0.25, -0.2) is 0 Å². The molecule has 64 valence electrons. The molecule has 0 aromatic heterocycles. The van der Waals surface area contributed by atoms with E-state index < -0.39 is 0 Å². The molecule has 0 radical (unpaired) electrons. The van der Waals surface area contributed by atoms with Gasteiger partial charge in [0.2, 0.25) is 0 Å². The molecule has 1 aromatic rings. The second-order valence-corrected chi connectivity index (χ2v) is 3.27. The van der Waals surface area contributed by atoms with E-state index in [1.165, 1.54) is 11.1 Å². The Kier molecular flexibility index (Phi) is 2.11. The van der Waals surface area contributed by atoms with Crippen molar-refractivity contribution in [3.05, 3.63) is 35.4 Å². The van der Waals surface area contributed by atoms with Crippen LogP contribution in [-0.2, 0) is 12.8 Å². The minimum Gasteiger partial charge on any atom is -0.261 e. The Labute approximate surface area is 73.0 Å². The highest BCUT2D eigenvalue weighted by atomic mass is 15.3. The van der Waals surface area contributed by atoms with Crippen molar-refractivity contribution >= 4 is 0 Å². The van der Waals surface area contributed by atoms with E-state index in [2.05, 4.69) is 35.1 Å². The lowest BCUT2D eigenvalue weighted by Crippen LogP contribution is -2.38. The van der Waals surface area contributed by atoms with Crippen LogP contribution in [0.5, 0.6) is 0 Å². The molecular weight excluding hydrogens is 148 g/mol. The summed E-state index contributed by atoms with van der Waals surface area (Å²) in [6.07, 6.45) is 2.30. The van der Waals surface area contributed by atoms with Crippen LogP contribution in [0.2, 0.25) is 0 Å². The van der Waals surface area contributed by atoms with Crippen molar-refractivity contribution in [2.45, 2.75) is 18.9 Å². The maximum absolute atomic E-state index is 3.24. The fraction of sp³-hybridized carbons (Fsp3) is 0.400. The fourth-order valence-corrected chi connectivity index (χ4v) is 1.87. The van der Waals surface area contributed by atoms with Crippen LogP contribution in [0.3, 0.4) is 0 Å². The third-order valence-corrected chi connectivity index (χ3v) is 2.40. The summed E-state index contributed by atoms with van der Waals surface area (Å²) < 4.78 is 0. The van der Waals surface area contributed by atoms with Crippen LogP contribution in [0.25, 0.3) is 0 Å². The van der Waals surface area contributed by atoms with Crippen LogP contribution < -0.4 is 10.9 Å². The number of rotatable bonds is 2. The van der Waals surface area contributed by atoms with E-state index in [1.54, 1.807) is 0 Å². The van der Waals surface area contributed by atoms with E-state index in [9.17, 15) is 0 Å². The SMILES string of the molecule is CNNC1Cc2ccccc2C1. The largest absolute Gasteiger partial charge is 0.261 e. The van der Waals surface area contributed by atoms with Gasteiger partial charge in [-0.2, -0.15) is 0 Å². The predicted molar refractivity (Wildman–Crippen MR) is 49.8 cm³/mol. The monoisotopic (exact) mass is 162 g/mol. The highest BCUT2D eigenvalue weighted by Gasteiger charge is 2.19. The molecule has 0 saturated heterocycles. The third kappa shape index (κ3) is 1.36. The lowest BCUT2D eigenvalue weighted by atomic mass is 10.1. The van der Waals surface area contributed by atoms with Gasteiger partial charge in [-0.3, -0.25) is 10.9 Å². The van der Waals surface area contributed by atoms with Gasteiger partial charge in [0.1, 0.15) is 0 Å². The highest BCUT2D eigenvalue weighted by molar-refractivity contribution is 5.33. The lowest BCUT2D eigenvalue weighted by molar-refractivity contribution is 0.475. The van der Waals surface area contributed by atoms with Gasteiger partial charge in [-0.05, 0) is 31.0 Å². The average Bonchev–Trinajstić information content (AvgIpc) is 2.47. The van der Waals surface area contributed by atoms with Crippen LogP contribution in [0.15, 0.2) is 24.3 Å². The van der Waals surface area contributed by atoms with Crippen molar-refractivity contribution in [3.63, 3.8) is 0 Å². The van der Waals surface area contributed by atoms with Gasteiger partial charge >= 0.3 is 0 Å². The first-order chi connectivity index (χ1) is 5.90. The first-order valence-electron chi connectivity index (χ1n) is 4.39. The topological polar surface area (TPSA) is 24.1 Å². The van der Waals surface area contributed by atoms with E-state index in [4.69, 9.17) is 0 Å². The quantitative estimate of drug-likeness (QED) is 0.631. The van der Waals surface area contributed by atoms with Crippen molar-refractivity contribution < 1.29 is 0 Å². The molecule has 0 saturated carbocycles. The van der Waals surface area contributed by atoms with Crippen molar-refractivity contribution in [1.82, 2.24) is 10.9 Å². The van der Waals surface area contributed by atoms with E-state index in [0.717, 1.165) is 12.8 Å². The maximum atomic E-state index is 3.24. The molecule has 12 heavy (non-hydrogen) atoms. The van der Waals surface area contributed by atoms with E-state index in [1.807, 2.05) is 7.05 Å². The number of fused-ring (bicyclic) bond motifs is 1. The Bertz CT molecular complexity index is 245. The zero-order valence-electron chi connectivity index (χ0n) is 7.30. The summed E-state index contributed by atoms with van der Waals surface area (Å²) in [6.45, 7) is 0. The first-order valence-corrected chi connectivity index (χ1v) is 4.39. The molecule has 0 unspecified atom stereocenters. The molecule has 0 atom stereocenters. The van der Waals surface area contributed by atoms with Gasteiger partial charge in [0.25, 0.3) is 0 Å². The molecule has 0 bridgehead atoms. The molecule has 0 fully saturated rings. The van der Waals surface area contributed by atoms with Crippen LogP contribution in [0.4, 0.5) is 0 Å². The Morgan fingerprint density at radius 2 is 1.75 bits per heavy atom. The number of hydrogen-bond donors (Lipinski definition) is 2. The van der Waals surface area contributed by atoms with Crippen molar-refractivity contribution in [2.24, 2.45) is 0 Å². The van der Waals surface area contributed by atoms with E-state index in [0.29, 0.717) is 6.04 Å². The molecule has 0 spiro atoms. The summed E-state index contributed by atoms with van der Waals surface area (Å²) in [7, 11) is 1.92. The smallest absolute Gasteiger partial charge is 0.0293 e. The van der Waals surface area contributed by atoms with Crippen LogP contribution in [0.1, 0.15) is 11.1 Å². The Morgan fingerprint density at radius 1 is 1.17 bits per heavy atom.